The van der Waals surface area contributed by atoms with Gasteiger partial charge in [0.05, 0.1) is 17.5 Å². The van der Waals surface area contributed by atoms with E-state index in [1.54, 1.807) is 11.6 Å². The molecular weight excluding hydrogens is 232 g/mol. The molecule has 6 heteroatoms. The second kappa shape index (κ2) is 4.97. The third-order valence-electron chi connectivity index (χ3n) is 3.33. The van der Waals surface area contributed by atoms with Gasteiger partial charge in [0.2, 0.25) is 0 Å². The molecule has 1 saturated carbocycles. The van der Waals surface area contributed by atoms with Crippen molar-refractivity contribution < 1.29 is 9.90 Å². The van der Waals surface area contributed by atoms with E-state index in [0.29, 0.717) is 29.5 Å². The smallest absolute Gasteiger partial charge is 0.271 e. The Kier molecular flexibility index (Phi) is 3.56. The average Bonchev–Trinajstić information content (AvgIpc) is 3.14. The van der Waals surface area contributed by atoms with E-state index in [1.165, 1.54) is 0 Å². The van der Waals surface area contributed by atoms with Gasteiger partial charge in [-0.1, -0.05) is 0 Å². The van der Waals surface area contributed by atoms with Crippen molar-refractivity contribution in [2.24, 2.45) is 5.92 Å². The fourth-order valence-corrected chi connectivity index (χ4v) is 1.99. The number of hydrogen-bond donors (Lipinski definition) is 3. The van der Waals surface area contributed by atoms with Crippen molar-refractivity contribution in [3.63, 3.8) is 0 Å². The SMILES string of the molecule is CCn1nc(C)c(N)c1C(=O)NCC(O)C1CC1. The number of hydrogen-bond acceptors (Lipinski definition) is 4. The third kappa shape index (κ3) is 2.48. The molecule has 4 N–H and O–H groups in total. The lowest BCUT2D eigenvalue weighted by Gasteiger charge is -2.11. The number of nitrogens with one attached hydrogen (secondary N) is 1. The highest BCUT2D eigenvalue weighted by molar-refractivity contribution is 5.97. The van der Waals surface area contributed by atoms with Crippen LogP contribution >= 0.6 is 0 Å². The van der Waals surface area contributed by atoms with E-state index in [4.69, 9.17) is 5.73 Å². The number of aryl methyl sites for hydroxylation is 2. The van der Waals surface area contributed by atoms with Crippen LogP contribution in [-0.4, -0.2) is 33.4 Å². The van der Waals surface area contributed by atoms with Crippen LogP contribution in [0.5, 0.6) is 0 Å². The third-order valence-corrected chi connectivity index (χ3v) is 3.33. The Balaban J connectivity index is 2.03. The van der Waals surface area contributed by atoms with Crippen LogP contribution in [-0.2, 0) is 6.54 Å². The predicted octanol–water partition coefficient (Wildman–Crippen LogP) is 0.294. The van der Waals surface area contributed by atoms with Gasteiger partial charge >= 0.3 is 0 Å². The molecule has 1 aromatic heterocycles. The molecule has 1 unspecified atom stereocenters. The van der Waals surface area contributed by atoms with Gasteiger partial charge in [0.1, 0.15) is 5.69 Å². The molecule has 18 heavy (non-hydrogen) atoms. The summed E-state index contributed by atoms with van der Waals surface area (Å²) < 4.78 is 1.59. The molecule has 0 aromatic carbocycles. The first-order chi connectivity index (χ1) is 8.54. The predicted molar refractivity (Wildman–Crippen MR) is 68.1 cm³/mol. The summed E-state index contributed by atoms with van der Waals surface area (Å²) in [6.07, 6.45) is 1.64. The summed E-state index contributed by atoms with van der Waals surface area (Å²) in [6.45, 7) is 4.54. The van der Waals surface area contributed by atoms with Gasteiger partial charge < -0.3 is 16.2 Å². The van der Waals surface area contributed by atoms with E-state index in [0.717, 1.165) is 12.8 Å². The maximum absolute atomic E-state index is 12.0. The molecule has 1 heterocycles. The second-order valence-corrected chi connectivity index (χ2v) is 4.78. The number of carbonyl (C=O) groups is 1. The Labute approximate surface area is 106 Å². The van der Waals surface area contributed by atoms with Crippen LogP contribution in [0.3, 0.4) is 0 Å². The van der Waals surface area contributed by atoms with E-state index in [-0.39, 0.29) is 12.5 Å². The standard InChI is InChI=1S/C12H20N4O2/c1-3-16-11(10(13)7(2)15-16)12(18)14-6-9(17)8-4-5-8/h8-9,17H,3-6,13H2,1-2H3,(H,14,18). The molecule has 1 fully saturated rings. The molecule has 1 aromatic rings. The second-order valence-electron chi connectivity index (χ2n) is 4.78. The van der Waals surface area contributed by atoms with Crippen LogP contribution in [0.4, 0.5) is 5.69 Å². The summed E-state index contributed by atoms with van der Waals surface area (Å²) >= 11 is 0. The van der Waals surface area contributed by atoms with Crippen molar-refractivity contribution in [3.8, 4) is 0 Å². The number of anilines is 1. The lowest BCUT2D eigenvalue weighted by Crippen LogP contribution is -2.34. The van der Waals surface area contributed by atoms with Crippen LogP contribution in [0.2, 0.25) is 0 Å². The highest BCUT2D eigenvalue weighted by Gasteiger charge is 2.30. The minimum Gasteiger partial charge on any atom is -0.395 e. The van der Waals surface area contributed by atoms with Gasteiger partial charge in [0.15, 0.2) is 0 Å². The number of carbonyl (C=O) groups excluding carboxylic acids is 1. The Hall–Kier alpha value is -1.56. The van der Waals surface area contributed by atoms with Gasteiger partial charge in [-0.05, 0) is 32.6 Å². The highest BCUT2D eigenvalue weighted by atomic mass is 16.3. The van der Waals surface area contributed by atoms with Crippen LogP contribution in [0.1, 0.15) is 35.9 Å². The van der Waals surface area contributed by atoms with Crippen molar-refractivity contribution in [1.29, 1.82) is 0 Å². The first kappa shape index (κ1) is 12.9. The quantitative estimate of drug-likeness (QED) is 0.702. The van der Waals surface area contributed by atoms with Crippen molar-refractivity contribution in [2.45, 2.75) is 39.3 Å². The maximum atomic E-state index is 12.0. The zero-order valence-electron chi connectivity index (χ0n) is 10.8. The van der Waals surface area contributed by atoms with Gasteiger partial charge in [-0.3, -0.25) is 9.48 Å². The fraction of sp³-hybridized carbons (Fsp3) is 0.667. The lowest BCUT2D eigenvalue weighted by atomic mass is 10.2. The first-order valence-electron chi connectivity index (χ1n) is 6.33. The molecule has 2 rings (SSSR count). The number of aliphatic hydroxyl groups excluding tert-OH is 1. The van der Waals surface area contributed by atoms with Gasteiger partial charge in [0, 0.05) is 13.1 Å². The van der Waals surface area contributed by atoms with Crippen LogP contribution < -0.4 is 11.1 Å². The van der Waals surface area contributed by atoms with Crippen molar-refractivity contribution in [1.82, 2.24) is 15.1 Å². The minimum atomic E-state index is -0.450. The molecule has 1 aliphatic carbocycles. The fourth-order valence-electron chi connectivity index (χ4n) is 1.99. The Morgan fingerprint density at radius 3 is 2.89 bits per heavy atom. The Morgan fingerprint density at radius 1 is 1.67 bits per heavy atom. The van der Waals surface area contributed by atoms with Gasteiger partial charge in [-0.25, -0.2) is 0 Å². The molecular formula is C12H20N4O2. The number of nitrogens with zero attached hydrogens (tertiary/aromatic N) is 2. The molecule has 6 nitrogen and oxygen atoms in total. The topological polar surface area (TPSA) is 93.2 Å². The van der Waals surface area contributed by atoms with Gasteiger partial charge in [0.25, 0.3) is 5.91 Å². The average molecular weight is 252 g/mol. The molecule has 0 spiro atoms. The normalized spacial score (nSPS) is 16.6. The zero-order chi connectivity index (χ0) is 13.3. The largest absolute Gasteiger partial charge is 0.395 e. The summed E-state index contributed by atoms with van der Waals surface area (Å²) in [5.41, 5.74) is 7.31. The molecule has 1 amide bonds. The molecule has 100 valence electrons. The lowest BCUT2D eigenvalue weighted by molar-refractivity contribution is 0.0891. The number of nitrogens with two attached hydrogens (primary N) is 1. The van der Waals surface area contributed by atoms with E-state index in [2.05, 4.69) is 10.4 Å². The van der Waals surface area contributed by atoms with Crippen molar-refractivity contribution in [2.75, 3.05) is 12.3 Å². The summed E-state index contributed by atoms with van der Waals surface area (Å²) in [4.78, 5) is 12.0. The number of aliphatic hydroxyl groups is 1. The van der Waals surface area contributed by atoms with Crippen LogP contribution in [0, 0.1) is 12.8 Å². The molecule has 1 aliphatic rings. The number of amides is 1. The van der Waals surface area contributed by atoms with Crippen LogP contribution in [0.15, 0.2) is 0 Å². The number of nitrogen functional groups attached to an aromatic ring is 1. The Morgan fingerprint density at radius 2 is 2.33 bits per heavy atom. The van der Waals surface area contributed by atoms with Crippen LogP contribution in [0.25, 0.3) is 0 Å². The summed E-state index contributed by atoms with van der Waals surface area (Å²) in [6, 6.07) is 0. The summed E-state index contributed by atoms with van der Waals surface area (Å²) in [7, 11) is 0. The van der Waals surface area contributed by atoms with Crippen molar-refractivity contribution >= 4 is 11.6 Å². The highest BCUT2D eigenvalue weighted by Crippen LogP contribution is 2.32. The molecule has 0 bridgehead atoms. The zero-order valence-corrected chi connectivity index (χ0v) is 10.8. The van der Waals surface area contributed by atoms with Gasteiger partial charge in [-0.2, -0.15) is 5.10 Å². The minimum absolute atomic E-state index is 0.269. The first-order valence-corrected chi connectivity index (χ1v) is 6.33. The van der Waals surface area contributed by atoms with Gasteiger partial charge in [-0.15, -0.1) is 0 Å². The monoisotopic (exact) mass is 252 g/mol. The maximum Gasteiger partial charge on any atom is 0.271 e. The number of aromatic nitrogens is 2. The van der Waals surface area contributed by atoms with E-state index >= 15 is 0 Å². The summed E-state index contributed by atoms with van der Waals surface area (Å²) in [5.74, 6) is 0.0788. The summed E-state index contributed by atoms with van der Waals surface area (Å²) in [5, 5.41) is 16.6. The van der Waals surface area contributed by atoms with E-state index in [1.807, 2.05) is 6.92 Å². The van der Waals surface area contributed by atoms with E-state index < -0.39 is 6.10 Å². The molecule has 0 saturated heterocycles. The Bertz CT molecular complexity index is 451. The number of rotatable bonds is 5. The molecule has 0 aliphatic heterocycles. The molecule has 1 atom stereocenters. The van der Waals surface area contributed by atoms with E-state index in [9.17, 15) is 9.90 Å². The van der Waals surface area contributed by atoms with Crippen molar-refractivity contribution in [3.05, 3.63) is 11.4 Å². The molecule has 0 radical (unpaired) electrons.